The van der Waals surface area contributed by atoms with Crippen molar-refractivity contribution in [1.82, 2.24) is 5.06 Å². The Balaban J connectivity index is 2.11. The zero-order chi connectivity index (χ0) is 14.3. The van der Waals surface area contributed by atoms with E-state index in [4.69, 9.17) is 4.55 Å². The first kappa shape index (κ1) is 13.2. The molecule has 3 aliphatic rings. The molecule has 2 atom stereocenters. The summed E-state index contributed by atoms with van der Waals surface area (Å²) in [5.74, 6) is -1.31. The molecule has 20 heavy (non-hydrogen) atoms. The Morgan fingerprint density at radius 3 is 2.80 bits per heavy atom. The zero-order valence-corrected chi connectivity index (χ0v) is 11.1. The van der Waals surface area contributed by atoms with Gasteiger partial charge in [-0.1, -0.05) is 36.5 Å². The Bertz CT molecular complexity index is 645. The average Bonchev–Trinajstić information content (AvgIpc) is 2.39. The molecule has 104 valence electrons. The van der Waals surface area contributed by atoms with Gasteiger partial charge in [-0.25, -0.2) is 0 Å². The van der Waals surface area contributed by atoms with Gasteiger partial charge in [-0.15, -0.1) is 9.35 Å². The van der Waals surface area contributed by atoms with E-state index in [1.165, 1.54) is 0 Å². The second-order valence-electron chi connectivity index (χ2n) is 4.86. The van der Waals surface area contributed by atoms with Gasteiger partial charge in [-0.3, -0.25) is 14.1 Å². The lowest BCUT2D eigenvalue weighted by atomic mass is 9.70. The maximum Gasteiger partial charge on any atom is 0.325 e. The van der Waals surface area contributed by atoms with Crippen LogP contribution in [-0.4, -0.2) is 25.6 Å². The summed E-state index contributed by atoms with van der Waals surface area (Å²) in [6.45, 7) is 0. The third-order valence-electron chi connectivity index (χ3n) is 3.57. The van der Waals surface area contributed by atoms with Crippen LogP contribution in [0.3, 0.4) is 0 Å². The number of rotatable bonds is 2. The SMILES string of the molecule is O=C1C2=CC=CC3=CC=CC(C3)(C2)C(=O)N1OS(=O)O. The van der Waals surface area contributed by atoms with Crippen LogP contribution < -0.4 is 0 Å². The molecule has 6 nitrogen and oxygen atoms in total. The molecule has 2 unspecified atom stereocenters. The molecule has 0 radical (unpaired) electrons. The van der Waals surface area contributed by atoms with E-state index in [1.54, 1.807) is 24.3 Å². The van der Waals surface area contributed by atoms with Crippen LogP contribution in [0, 0.1) is 5.41 Å². The molecule has 1 spiro atoms. The molecule has 0 aromatic rings. The summed E-state index contributed by atoms with van der Waals surface area (Å²) >= 11 is -2.73. The minimum absolute atomic E-state index is 0.265. The monoisotopic (exact) mass is 293 g/mol. The van der Waals surface area contributed by atoms with E-state index >= 15 is 0 Å². The van der Waals surface area contributed by atoms with Crippen molar-refractivity contribution < 1.29 is 22.6 Å². The second kappa shape index (κ2) is 4.62. The van der Waals surface area contributed by atoms with Gasteiger partial charge in [-0.2, -0.15) is 4.21 Å². The lowest BCUT2D eigenvalue weighted by molar-refractivity contribution is -0.179. The number of hydrogen-bond donors (Lipinski definition) is 1. The molecule has 3 rings (SSSR count). The van der Waals surface area contributed by atoms with Gasteiger partial charge in [0.15, 0.2) is 0 Å². The van der Waals surface area contributed by atoms with Crippen molar-refractivity contribution in [3.8, 4) is 0 Å². The van der Waals surface area contributed by atoms with E-state index in [2.05, 4.69) is 4.28 Å². The van der Waals surface area contributed by atoms with Crippen LogP contribution in [0.25, 0.3) is 0 Å². The predicted molar refractivity (Wildman–Crippen MR) is 69.8 cm³/mol. The highest BCUT2D eigenvalue weighted by molar-refractivity contribution is 7.74. The van der Waals surface area contributed by atoms with Crippen LogP contribution in [0.1, 0.15) is 12.8 Å². The molecule has 7 heteroatoms. The molecular formula is C13H11NO5S. The molecule has 2 amide bonds. The van der Waals surface area contributed by atoms with Crippen LogP contribution in [0.4, 0.5) is 0 Å². The highest BCUT2D eigenvalue weighted by Gasteiger charge is 2.50. The highest BCUT2D eigenvalue weighted by Crippen LogP contribution is 2.44. The lowest BCUT2D eigenvalue weighted by Crippen LogP contribution is -2.52. The van der Waals surface area contributed by atoms with Crippen LogP contribution in [0.15, 0.2) is 47.6 Å². The quantitative estimate of drug-likeness (QED) is 0.610. The first-order chi connectivity index (χ1) is 9.52. The second-order valence-corrected chi connectivity index (χ2v) is 5.44. The molecule has 0 aromatic carbocycles. The highest BCUT2D eigenvalue weighted by atomic mass is 32.2. The van der Waals surface area contributed by atoms with Gasteiger partial charge < -0.3 is 0 Å². The number of carbonyl (C=O) groups is 2. The molecule has 1 N–H and O–H groups in total. The number of carbonyl (C=O) groups excluding carboxylic acids is 2. The van der Waals surface area contributed by atoms with Gasteiger partial charge in [0, 0.05) is 5.57 Å². The van der Waals surface area contributed by atoms with E-state index in [1.807, 2.05) is 12.2 Å². The topological polar surface area (TPSA) is 83.9 Å². The molecule has 1 aliphatic heterocycles. The Kier molecular flexibility index (Phi) is 3.04. The molecule has 0 aromatic heterocycles. The first-order valence-corrected chi connectivity index (χ1v) is 6.99. The van der Waals surface area contributed by atoms with E-state index in [-0.39, 0.29) is 6.42 Å². The Morgan fingerprint density at radius 2 is 2.05 bits per heavy atom. The molecular weight excluding hydrogens is 282 g/mol. The molecule has 2 aliphatic carbocycles. The first-order valence-electron chi connectivity index (χ1n) is 5.96. The van der Waals surface area contributed by atoms with Crippen LogP contribution >= 0.6 is 0 Å². The molecule has 1 fully saturated rings. The fourth-order valence-corrected chi connectivity index (χ4v) is 2.95. The van der Waals surface area contributed by atoms with E-state index in [0.717, 1.165) is 5.57 Å². The van der Waals surface area contributed by atoms with Crippen molar-refractivity contribution in [2.24, 2.45) is 5.41 Å². The Labute approximate surface area is 117 Å². The Hall–Kier alpha value is -1.83. The van der Waals surface area contributed by atoms with Crippen LogP contribution in [-0.2, 0) is 25.2 Å². The van der Waals surface area contributed by atoms with Gasteiger partial charge in [0.2, 0.25) is 0 Å². The summed E-state index contributed by atoms with van der Waals surface area (Å²) in [6.07, 6.45) is 11.2. The van der Waals surface area contributed by atoms with Gasteiger partial charge >= 0.3 is 11.4 Å². The number of fused-ring (bicyclic) bond motifs is 2. The van der Waals surface area contributed by atoms with Crippen molar-refractivity contribution in [3.05, 3.63) is 47.6 Å². The van der Waals surface area contributed by atoms with Gasteiger partial charge in [0.05, 0.1) is 5.41 Å². The smallest absolute Gasteiger partial charge is 0.282 e. The van der Waals surface area contributed by atoms with Gasteiger partial charge in [0.25, 0.3) is 11.8 Å². The fourth-order valence-electron chi connectivity index (χ4n) is 2.69. The lowest BCUT2D eigenvalue weighted by Gasteiger charge is -2.39. The number of hydroxylamine groups is 2. The minimum atomic E-state index is -2.73. The summed E-state index contributed by atoms with van der Waals surface area (Å²) < 4.78 is 24.1. The summed E-state index contributed by atoms with van der Waals surface area (Å²) in [5, 5.41) is 0.401. The van der Waals surface area contributed by atoms with Crippen molar-refractivity contribution in [2.45, 2.75) is 12.8 Å². The number of allylic oxidation sites excluding steroid dienone is 6. The van der Waals surface area contributed by atoms with E-state index < -0.39 is 28.6 Å². The van der Waals surface area contributed by atoms with E-state index in [0.29, 0.717) is 17.1 Å². The standard InChI is InChI=1S/C13H11NO5S/c15-11-10-5-1-3-9-4-2-6-13(7-9,8-10)12(16)14(11)19-20(17)18/h1-6H,7-8H2,(H,17,18). The van der Waals surface area contributed by atoms with Gasteiger partial charge in [0.1, 0.15) is 0 Å². The molecule has 1 saturated heterocycles. The summed E-state index contributed by atoms with van der Waals surface area (Å²) in [5.41, 5.74) is 0.404. The normalized spacial score (nSPS) is 29.6. The van der Waals surface area contributed by atoms with Crippen molar-refractivity contribution in [2.75, 3.05) is 0 Å². The van der Waals surface area contributed by atoms with Crippen molar-refractivity contribution >= 4 is 23.2 Å². The number of nitrogens with zero attached hydrogens (tertiary/aromatic N) is 1. The van der Waals surface area contributed by atoms with Crippen LogP contribution in [0.2, 0.25) is 0 Å². The summed E-state index contributed by atoms with van der Waals surface area (Å²) in [7, 11) is 0. The average molecular weight is 293 g/mol. The maximum absolute atomic E-state index is 12.5. The third kappa shape index (κ3) is 2.00. The number of amides is 2. The van der Waals surface area contributed by atoms with Crippen molar-refractivity contribution in [3.63, 3.8) is 0 Å². The predicted octanol–water partition coefficient (Wildman–Crippen LogP) is 1.18. The summed E-state index contributed by atoms with van der Waals surface area (Å²) in [4.78, 5) is 24.6. The van der Waals surface area contributed by atoms with Crippen molar-refractivity contribution in [1.29, 1.82) is 0 Å². The number of imide groups is 1. The largest absolute Gasteiger partial charge is 0.325 e. The maximum atomic E-state index is 12.5. The zero-order valence-electron chi connectivity index (χ0n) is 10.3. The fraction of sp³-hybridized carbons (Fsp3) is 0.231. The van der Waals surface area contributed by atoms with Crippen LogP contribution in [0.5, 0.6) is 0 Å². The third-order valence-corrected chi connectivity index (χ3v) is 3.84. The molecule has 3 bridgehead atoms. The van der Waals surface area contributed by atoms with E-state index in [9.17, 15) is 13.8 Å². The minimum Gasteiger partial charge on any atom is -0.282 e. The molecule has 1 heterocycles. The molecule has 0 saturated carbocycles. The number of hydrogen-bond acceptors (Lipinski definition) is 4. The summed E-state index contributed by atoms with van der Waals surface area (Å²) in [6, 6.07) is 0. The van der Waals surface area contributed by atoms with Gasteiger partial charge in [-0.05, 0) is 18.4 Å². The Morgan fingerprint density at radius 1 is 1.25 bits per heavy atom. The number of piperidine rings is 1.